The number of nitrogens with one attached hydrogen (secondary N) is 1. The van der Waals surface area contributed by atoms with Crippen LogP contribution in [0.5, 0.6) is 0 Å². The molecule has 4 heterocycles. The van der Waals surface area contributed by atoms with Crippen LogP contribution in [-0.4, -0.2) is 43.6 Å². The van der Waals surface area contributed by atoms with Crippen molar-refractivity contribution >= 4 is 39.5 Å². The lowest BCUT2D eigenvalue weighted by atomic mass is 9.91. The minimum atomic E-state index is -0.190. The van der Waals surface area contributed by atoms with E-state index in [0.29, 0.717) is 29.1 Å². The van der Waals surface area contributed by atoms with Gasteiger partial charge in [-0.3, -0.25) is 9.78 Å². The Kier molecular flexibility index (Phi) is 5.58. The number of pyridine rings is 1. The third-order valence-electron chi connectivity index (χ3n) is 5.87. The Morgan fingerprint density at radius 1 is 1.14 bits per heavy atom. The minimum Gasteiger partial charge on any atom is -0.359 e. The van der Waals surface area contributed by atoms with Crippen LogP contribution in [0.1, 0.15) is 26.5 Å². The van der Waals surface area contributed by atoms with Crippen molar-refractivity contribution in [2.75, 3.05) is 24.3 Å². The number of allylic oxidation sites excluding steroid dienone is 1. The first-order chi connectivity index (χ1) is 17.2. The molecule has 5 aromatic rings. The Balaban J connectivity index is 1.61. The first-order valence-corrected chi connectivity index (χ1v) is 11.6. The third kappa shape index (κ3) is 4.00. The lowest BCUT2D eigenvalue weighted by molar-refractivity contribution is 0.457. The zero-order valence-electron chi connectivity index (χ0n) is 21.0. The van der Waals surface area contributed by atoms with Crippen molar-refractivity contribution in [3.8, 4) is 5.69 Å². The Hall–Kier alpha value is -4.47. The topological polar surface area (TPSA) is 107 Å². The molecule has 0 unspecified atom stereocenters. The quantitative estimate of drug-likeness (QED) is 0.353. The van der Waals surface area contributed by atoms with Crippen molar-refractivity contribution in [1.82, 2.24) is 29.5 Å². The maximum atomic E-state index is 13.2. The van der Waals surface area contributed by atoms with Gasteiger partial charge in [0.25, 0.3) is 5.56 Å². The highest BCUT2D eigenvalue weighted by molar-refractivity contribution is 5.91. The number of anilines is 3. The molecule has 0 bridgehead atoms. The number of hydrogen-bond acceptors (Lipinski definition) is 8. The van der Waals surface area contributed by atoms with Gasteiger partial charge in [0.15, 0.2) is 17.0 Å². The molecule has 10 heteroatoms. The summed E-state index contributed by atoms with van der Waals surface area (Å²) in [5.41, 5.74) is 3.21. The SMILES string of the molecule is C=CCn1c(=O)c2cnc(Nc3ccc4c(N(C)C)noc4c3)nc2n1-c1ccnc(C(C)(C)C)c1. The number of hydrogen-bond donors (Lipinski definition) is 1. The van der Waals surface area contributed by atoms with Gasteiger partial charge in [-0.05, 0) is 24.3 Å². The zero-order valence-corrected chi connectivity index (χ0v) is 21.0. The van der Waals surface area contributed by atoms with E-state index < -0.39 is 0 Å². The van der Waals surface area contributed by atoms with Crippen molar-refractivity contribution in [2.45, 2.75) is 32.7 Å². The van der Waals surface area contributed by atoms with Gasteiger partial charge in [0.2, 0.25) is 5.95 Å². The standard InChI is InChI=1S/C26H28N8O2/c1-7-12-33-24(35)19-15-28-25(29-16-8-9-18-20(13-16)36-31-23(18)32(5)6)30-22(19)34(33)17-10-11-27-21(14-17)26(2,3)4/h7-11,13-15H,1,12H2,2-6H3,(H,28,29,30). The van der Waals surface area contributed by atoms with Crippen LogP contribution >= 0.6 is 0 Å². The Morgan fingerprint density at radius 3 is 2.67 bits per heavy atom. The van der Waals surface area contributed by atoms with E-state index in [0.717, 1.165) is 28.3 Å². The van der Waals surface area contributed by atoms with E-state index in [1.807, 2.05) is 49.3 Å². The van der Waals surface area contributed by atoms with Crippen molar-refractivity contribution in [3.63, 3.8) is 0 Å². The fourth-order valence-electron chi connectivity index (χ4n) is 4.05. The normalized spacial score (nSPS) is 11.8. The van der Waals surface area contributed by atoms with E-state index in [2.05, 4.69) is 47.8 Å². The number of fused-ring (bicyclic) bond motifs is 2. The van der Waals surface area contributed by atoms with E-state index >= 15 is 0 Å². The van der Waals surface area contributed by atoms with E-state index in [1.165, 1.54) is 0 Å². The summed E-state index contributed by atoms with van der Waals surface area (Å²) >= 11 is 0. The van der Waals surface area contributed by atoms with Gasteiger partial charge in [0, 0.05) is 49.4 Å². The molecule has 36 heavy (non-hydrogen) atoms. The summed E-state index contributed by atoms with van der Waals surface area (Å²) in [4.78, 5) is 28.8. The molecule has 4 aromatic heterocycles. The second-order valence-corrected chi connectivity index (χ2v) is 9.80. The van der Waals surface area contributed by atoms with Gasteiger partial charge in [-0.25, -0.2) is 14.3 Å². The van der Waals surface area contributed by atoms with Crippen LogP contribution in [0.4, 0.5) is 17.5 Å². The molecule has 0 atom stereocenters. The number of aromatic nitrogens is 6. The maximum absolute atomic E-state index is 13.2. The fourth-order valence-corrected chi connectivity index (χ4v) is 4.05. The average molecular weight is 485 g/mol. The smallest absolute Gasteiger partial charge is 0.278 e. The van der Waals surface area contributed by atoms with Gasteiger partial charge in [-0.15, -0.1) is 6.58 Å². The molecule has 0 amide bonds. The monoisotopic (exact) mass is 484 g/mol. The van der Waals surface area contributed by atoms with Crippen molar-refractivity contribution in [3.05, 3.63) is 71.4 Å². The van der Waals surface area contributed by atoms with Crippen molar-refractivity contribution in [2.24, 2.45) is 0 Å². The van der Waals surface area contributed by atoms with Crippen molar-refractivity contribution < 1.29 is 4.52 Å². The van der Waals surface area contributed by atoms with E-state index in [4.69, 9.17) is 9.51 Å². The molecule has 0 spiro atoms. The molecular weight excluding hydrogens is 456 g/mol. The fraction of sp³-hybridized carbons (Fsp3) is 0.269. The summed E-state index contributed by atoms with van der Waals surface area (Å²) in [6.07, 6.45) is 4.98. The summed E-state index contributed by atoms with van der Waals surface area (Å²) in [6.45, 7) is 10.4. The van der Waals surface area contributed by atoms with Crippen LogP contribution in [-0.2, 0) is 12.0 Å². The zero-order chi connectivity index (χ0) is 25.6. The van der Waals surface area contributed by atoms with E-state index in [1.54, 1.807) is 27.8 Å². The lowest BCUT2D eigenvalue weighted by Crippen LogP contribution is -2.22. The van der Waals surface area contributed by atoms with Gasteiger partial charge in [0.05, 0.1) is 17.6 Å². The second kappa shape index (κ2) is 8.63. The Morgan fingerprint density at radius 2 is 1.94 bits per heavy atom. The number of nitrogens with zero attached hydrogens (tertiary/aromatic N) is 7. The van der Waals surface area contributed by atoms with Crippen LogP contribution in [0.2, 0.25) is 0 Å². The molecule has 1 N–H and O–H groups in total. The number of rotatable bonds is 6. The summed E-state index contributed by atoms with van der Waals surface area (Å²) in [5, 5.41) is 8.66. The summed E-state index contributed by atoms with van der Waals surface area (Å²) in [5.74, 6) is 1.11. The predicted molar refractivity (Wildman–Crippen MR) is 141 cm³/mol. The summed E-state index contributed by atoms with van der Waals surface area (Å²) in [7, 11) is 3.83. The van der Waals surface area contributed by atoms with Crippen LogP contribution in [0.15, 0.2) is 64.7 Å². The number of benzene rings is 1. The molecule has 5 rings (SSSR count). The summed E-state index contributed by atoms with van der Waals surface area (Å²) < 4.78 is 8.88. The third-order valence-corrected chi connectivity index (χ3v) is 5.87. The second-order valence-electron chi connectivity index (χ2n) is 9.80. The first kappa shape index (κ1) is 23.3. The van der Waals surface area contributed by atoms with Crippen LogP contribution in [0.3, 0.4) is 0 Å². The highest BCUT2D eigenvalue weighted by atomic mass is 16.5. The van der Waals surface area contributed by atoms with Crippen LogP contribution in [0.25, 0.3) is 27.7 Å². The first-order valence-electron chi connectivity index (χ1n) is 11.6. The Labute approximate surface area is 207 Å². The maximum Gasteiger partial charge on any atom is 0.278 e. The molecule has 0 fully saturated rings. The van der Waals surface area contributed by atoms with Gasteiger partial charge >= 0.3 is 0 Å². The largest absolute Gasteiger partial charge is 0.359 e. The van der Waals surface area contributed by atoms with Crippen molar-refractivity contribution in [1.29, 1.82) is 0 Å². The highest BCUT2D eigenvalue weighted by Crippen LogP contribution is 2.28. The average Bonchev–Trinajstić information content (AvgIpc) is 3.38. The van der Waals surface area contributed by atoms with Gasteiger partial charge in [-0.1, -0.05) is 32.0 Å². The molecule has 0 saturated heterocycles. The lowest BCUT2D eigenvalue weighted by Gasteiger charge is -2.19. The Bertz CT molecular complexity index is 1650. The van der Waals surface area contributed by atoms with Gasteiger partial charge in [-0.2, -0.15) is 4.98 Å². The molecule has 0 saturated carbocycles. The molecule has 10 nitrogen and oxygen atoms in total. The van der Waals surface area contributed by atoms with E-state index in [9.17, 15) is 4.79 Å². The molecule has 0 aliphatic carbocycles. The highest BCUT2D eigenvalue weighted by Gasteiger charge is 2.20. The van der Waals surface area contributed by atoms with E-state index in [-0.39, 0.29) is 11.0 Å². The molecule has 0 radical (unpaired) electrons. The molecule has 0 aliphatic rings. The minimum absolute atomic E-state index is 0.157. The predicted octanol–water partition coefficient (Wildman–Crippen LogP) is 4.41. The van der Waals surface area contributed by atoms with Crippen LogP contribution in [0, 0.1) is 0 Å². The van der Waals surface area contributed by atoms with Crippen LogP contribution < -0.4 is 15.8 Å². The molecule has 184 valence electrons. The van der Waals surface area contributed by atoms with Gasteiger partial charge < -0.3 is 14.7 Å². The molecule has 0 aliphatic heterocycles. The summed E-state index contributed by atoms with van der Waals surface area (Å²) in [6, 6.07) is 9.53. The molecule has 1 aromatic carbocycles. The molecular formula is C26H28N8O2. The van der Waals surface area contributed by atoms with Gasteiger partial charge in [0.1, 0.15) is 5.39 Å².